The zero-order valence-electron chi connectivity index (χ0n) is 14.9. The summed E-state index contributed by atoms with van der Waals surface area (Å²) in [6.07, 6.45) is 1.80. The van der Waals surface area contributed by atoms with Crippen molar-refractivity contribution in [1.29, 1.82) is 0 Å². The molecule has 2 amide bonds. The van der Waals surface area contributed by atoms with Gasteiger partial charge in [-0.2, -0.15) is 0 Å². The maximum absolute atomic E-state index is 12.9. The smallest absolute Gasteiger partial charge is 0.416 e. The first-order chi connectivity index (χ1) is 12.0. The first-order valence-electron chi connectivity index (χ1n) is 8.90. The van der Waals surface area contributed by atoms with E-state index in [1.807, 2.05) is 42.1 Å². The van der Waals surface area contributed by atoms with Gasteiger partial charge in [0.1, 0.15) is 6.61 Å². The third-order valence-corrected chi connectivity index (χ3v) is 6.50. The van der Waals surface area contributed by atoms with Crippen LogP contribution in [0.15, 0.2) is 30.3 Å². The van der Waals surface area contributed by atoms with Crippen LogP contribution in [0.1, 0.15) is 32.3 Å². The maximum Gasteiger partial charge on any atom is 0.416 e. The fourth-order valence-corrected chi connectivity index (χ4v) is 4.78. The van der Waals surface area contributed by atoms with Crippen LogP contribution in [0.3, 0.4) is 0 Å². The molecule has 25 heavy (non-hydrogen) atoms. The van der Waals surface area contributed by atoms with Crippen molar-refractivity contribution in [1.82, 2.24) is 10.2 Å². The Balaban J connectivity index is 1.69. The number of nitrogens with one attached hydrogen (secondary N) is 1. The molecule has 0 bridgehead atoms. The van der Waals surface area contributed by atoms with E-state index < -0.39 is 6.09 Å². The van der Waals surface area contributed by atoms with Gasteiger partial charge >= 0.3 is 6.09 Å². The Bertz CT molecular complexity index is 624. The Morgan fingerprint density at radius 3 is 2.80 bits per heavy atom. The second-order valence-electron chi connectivity index (χ2n) is 7.12. The summed E-state index contributed by atoms with van der Waals surface area (Å²) < 4.78 is 4.95. The van der Waals surface area contributed by atoms with Crippen molar-refractivity contribution in [2.75, 3.05) is 18.9 Å². The largest absolute Gasteiger partial charge is 0.447 e. The minimum atomic E-state index is -0.503. The van der Waals surface area contributed by atoms with Crippen molar-refractivity contribution in [3.63, 3.8) is 0 Å². The van der Waals surface area contributed by atoms with Gasteiger partial charge in [-0.3, -0.25) is 10.1 Å². The van der Waals surface area contributed by atoms with Gasteiger partial charge in [-0.05, 0) is 38.7 Å². The Morgan fingerprint density at radius 2 is 2.20 bits per heavy atom. The monoisotopic (exact) mass is 362 g/mol. The van der Waals surface area contributed by atoms with E-state index in [2.05, 4.69) is 19.2 Å². The molecule has 0 spiro atoms. The molecule has 1 aromatic rings. The first kappa shape index (κ1) is 18.3. The molecule has 2 heterocycles. The molecule has 2 fully saturated rings. The molecule has 0 aliphatic carbocycles. The van der Waals surface area contributed by atoms with E-state index in [0.717, 1.165) is 24.2 Å². The van der Waals surface area contributed by atoms with Gasteiger partial charge in [0.2, 0.25) is 5.91 Å². The molecule has 3 atom stereocenters. The molecule has 2 saturated heterocycles. The number of hydrogen-bond acceptors (Lipinski definition) is 5. The summed E-state index contributed by atoms with van der Waals surface area (Å²) in [6, 6.07) is 10.5. The molecular formula is C19H26N2O3S. The fourth-order valence-electron chi connectivity index (χ4n) is 3.53. The first-order valence-corrected chi connectivity index (χ1v) is 9.89. The zero-order valence-corrected chi connectivity index (χ0v) is 15.7. The molecule has 0 radical (unpaired) electrons. The van der Waals surface area contributed by atoms with Crippen molar-refractivity contribution in [2.24, 2.45) is 5.92 Å². The predicted molar refractivity (Wildman–Crippen MR) is 99.4 cm³/mol. The van der Waals surface area contributed by atoms with Gasteiger partial charge in [-0.15, -0.1) is 11.8 Å². The lowest BCUT2D eigenvalue weighted by molar-refractivity contribution is -0.132. The van der Waals surface area contributed by atoms with E-state index in [1.165, 1.54) is 4.90 Å². The Kier molecular flexibility index (Phi) is 5.69. The minimum absolute atomic E-state index is 0.000152. The third-order valence-electron chi connectivity index (χ3n) is 4.87. The highest BCUT2D eigenvalue weighted by Crippen LogP contribution is 2.35. The highest BCUT2D eigenvalue weighted by atomic mass is 32.2. The van der Waals surface area contributed by atoms with E-state index in [4.69, 9.17) is 4.74 Å². The van der Waals surface area contributed by atoms with Gasteiger partial charge in [0.15, 0.2) is 0 Å². The topological polar surface area (TPSA) is 58.6 Å². The maximum atomic E-state index is 12.9. The lowest BCUT2D eigenvalue weighted by atomic mass is 9.91. The molecular weight excluding hydrogens is 336 g/mol. The van der Waals surface area contributed by atoms with Crippen molar-refractivity contribution in [3.8, 4) is 0 Å². The van der Waals surface area contributed by atoms with Crippen LogP contribution in [0.4, 0.5) is 4.79 Å². The summed E-state index contributed by atoms with van der Waals surface area (Å²) in [4.78, 5) is 26.0. The predicted octanol–water partition coefficient (Wildman–Crippen LogP) is 3.05. The van der Waals surface area contributed by atoms with Crippen molar-refractivity contribution >= 4 is 23.8 Å². The summed E-state index contributed by atoms with van der Waals surface area (Å²) in [5.41, 5.74) is 1.12. The van der Waals surface area contributed by atoms with Crippen LogP contribution >= 0.6 is 11.8 Å². The van der Waals surface area contributed by atoms with Gasteiger partial charge < -0.3 is 4.74 Å². The van der Waals surface area contributed by atoms with Crippen LogP contribution in [-0.4, -0.2) is 46.7 Å². The number of thioether (sulfide) groups is 1. The number of hydrogen-bond donors (Lipinski definition) is 1. The molecule has 136 valence electrons. The number of ether oxygens (including phenoxy) is 1. The van der Waals surface area contributed by atoms with E-state index in [0.29, 0.717) is 25.6 Å². The van der Waals surface area contributed by atoms with Gasteiger partial charge in [0, 0.05) is 17.7 Å². The highest BCUT2D eigenvalue weighted by Gasteiger charge is 2.37. The van der Waals surface area contributed by atoms with Gasteiger partial charge in [0.25, 0.3) is 0 Å². The summed E-state index contributed by atoms with van der Waals surface area (Å²) in [5, 5.41) is 3.61. The van der Waals surface area contributed by atoms with Crippen molar-refractivity contribution in [3.05, 3.63) is 35.9 Å². The van der Waals surface area contributed by atoms with Gasteiger partial charge in [0.05, 0.1) is 11.4 Å². The molecule has 0 saturated carbocycles. The molecule has 6 heteroatoms. The van der Waals surface area contributed by atoms with Crippen LogP contribution in [0.25, 0.3) is 0 Å². The van der Waals surface area contributed by atoms with Crippen LogP contribution in [0.2, 0.25) is 0 Å². The number of rotatable bonds is 6. The van der Waals surface area contributed by atoms with E-state index in [-0.39, 0.29) is 16.7 Å². The van der Waals surface area contributed by atoms with E-state index in [1.54, 1.807) is 0 Å². The SMILES string of the molecule is C[C@H]1CSC(C)(CC[C@@H](Cc2ccccc2)C(=O)N2CCOC2=O)N1. The minimum Gasteiger partial charge on any atom is -0.447 e. The average molecular weight is 362 g/mol. The molecule has 5 nitrogen and oxygen atoms in total. The van der Waals surface area contributed by atoms with Crippen LogP contribution in [0, 0.1) is 5.92 Å². The number of carbonyl (C=O) groups excluding carboxylic acids is 2. The van der Waals surface area contributed by atoms with Crippen LogP contribution in [0.5, 0.6) is 0 Å². The summed E-state index contributed by atoms with van der Waals surface area (Å²) >= 11 is 1.92. The molecule has 1 aromatic carbocycles. The average Bonchev–Trinajstić information content (AvgIpc) is 3.17. The number of nitrogens with zero attached hydrogens (tertiary/aromatic N) is 1. The number of carbonyl (C=O) groups is 2. The Hall–Kier alpha value is -1.53. The molecule has 2 aliphatic rings. The Morgan fingerprint density at radius 1 is 1.44 bits per heavy atom. The molecule has 0 aromatic heterocycles. The number of benzene rings is 1. The summed E-state index contributed by atoms with van der Waals surface area (Å²) in [5.74, 6) is 0.779. The lowest BCUT2D eigenvalue weighted by Gasteiger charge is -2.27. The van der Waals surface area contributed by atoms with Crippen LogP contribution in [-0.2, 0) is 16.0 Å². The Labute approximate surface area is 153 Å². The fraction of sp³-hybridized carbons (Fsp3) is 0.579. The number of cyclic esters (lactones) is 1. The number of imide groups is 1. The summed E-state index contributed by atoms with van der Waals surface area (Å²) in [6.45, 7) is 5.06. The lowest BCUT2D eigenvalue weighted by Crippen LogP contribution is -2.41. The molecule has 1 N–H and O–H groups in total. The second kappa shape index (κ2) is 7.79. The second-order valence-corrected chi connectivity index (χ2v) is 8.64. The molecule has 1 unspecified atom stereocenters. The van der Waals surface area contributed by atoms with E-state index >= 15 is 0 Å². The van der Waals surface area contributed by atoms with E-state index in [9.17, 15) is 9.59 Å². The molecule has 3 rings (SSSR count). The standard InChI is InChI=1S/C19H26N2O3S/c1-14-13-25-19(2,20-14)9-8-16(12-15-6-4-3-5-7-15)17(22)21-10-11-24-18(21)23/h3-7,14,16,20H,8-13H2,1-2H3/t14-,16-,19?/m0/s1. The summed E-state index contributed by atoms with van der Waals surface area (Å²) in [7, 11) is 0. The quantitative estimate of drug-likeness (QED) is 0.843. The van der Waals surface area contributed by atoms with Gasteiger partial charge in [-0.25, -0.2) is 9.69 Å². The van der Waals surface area contributed by atoms with Crippen molar-refractivity contribution in [2.45, 2.75) is 44.0 Å². The van der Waals surface area contributed by atoms with Crippen LogP contribution < -0.4 is 5.32 Å². The zero-order chi connectivity index (χ0) is 17.9. The molecule has 2 aliphatic heterocycles. The van der Waals surface area contributed by atoms with Crippen molar-refractivity contribution < 1.29 is 14.3 Å². The van der Waals surface area contributed by atoms with Gasteiger partial charge in [-0.1, -0.05) is 30.3 Å². The highest BCUT2D eigenvalue weighted by molar-refractivity contribution is 8.00. The number of amides is 2. The normalized spacial score (nSPS) is 27.4. The third kappa shape index (κ3) is 4.55.